The third-order valence-corrected chi connectivity index (χ3v) is 13.7. The molecule has 4 N–H and O–H groups in total. The number of fused-ring (bicyclic) bond motifs is 1. The van der Waals surface area contributed by atoms with Crippen molar-refractivity contribution in [3.8, 4) is 16.2 Å². The third-order valence-electron chi connectivity index (χ3n) is 12.7. The van der Waals surface area contributed by atoms with Gasteiger partial charge in [-0.2, -0.15) is 0 Å². The van der Waals surface area contributed by atoms with Crippen molar-refractivity contribution in [3.05, 3.63) is 107 Å². The van der Waals surface area contributed by atoms with Crippen LogP contribution in [-0.4, -0.2) is 88.8 Å². The molecular weight excluding hydrogens is 832 g/mol. The van der Waals surface area contributed by atoms with E-state index in [1.54, 1.807) is 29.7 Å². The van der Waals surface area contributed by atoms with E-state index in [0.29, 0.717) is 50.3 Å². The fraction of sp³-hybridized carbons (Fsp3) is 0.460. The molecule has 64 heavy (non-hydrogen) atoms. The first kappa shape index (κ1) is 46.7. The number of aromatic nitrogens is 2. The van der Waals surface area contributed by atoms with E-state index in [1.165, 1.54) is 11.0 Å². The van der Waals surface area contributed by atoms with Crippen LogP contribution in [0, 0.1) is 30.0 Å². The van der Waals surface area contributed by atoms with E-state index in [1.807, 2.05) is 94.7 Å². The molecule has 2 fully saturated rings. The molecule has 1 saturated heterocycles. The van der Waals surface area contributed by atoms with Crippen LogP contribution in [0.15, 0.2) is 84.5 Å². The molecule has 0 radical (unpaired) electrons. The lowest BCUT2D eigenvalue weighted by Crippen LogP contribution is -2.57. The van der Waals surface area contributed by atoms with Crippen LogP contribution in [0.5, 0.6) is 5.75 Å². The van der Waals surface area contributed by atoms with Crippen molar-refractivity contribution in [1.29, 1.82) is 0 Å². The fourth-order valence-corrected chi connectivity index (χ4v) is 9.83. The second kappa shape index (κ2) is 21.1. The number of hydrogen-bond donors (Lipinski definition) is 4. The van der Waals surface area contributed by atoms with Gasteiger partial charge < -0.3 is 35.4 Å². The van der Waals surface area contributed by atoms with E-state index in [2.05, 4.69) is 25.9 Å². The molecule has 4 atom stereocenters. The molecular formula is C50H61FN6O6S. The molecule has 0 spiro atoms. The van der Waals surface area contributed by atoms with Gasteiger partial charge in [-0.05, 0) is 115 Å². The van der Waals surface area contributed by atoms with Crippen molar-refractivity contribution in [1.82, 2.24) is 25.5 Å². The Labute approximate surface area is 379 Å². The van der Waals surface area contributed by atoms with Crippen molar-refractivity contribution in [3.63, 3.8) is 0 Å². The fourth-order valence-electron chi connectivity index (χ4n) is 9.02. The predicted octanol–water partition coefficient (Wildman–Crippen LogP) is 8.03. The number of likely N-dealkylation sites (tertiary alicyclic amines) is 1. The number of halogens is 1. The Balaban J connectivity index is 0.800. The van der Waals surface area contributed by atoms with E-state index < -0.39 is 23.6 Å². The lowest BCUT2D eigenvalue weighted by atomic mass is 9.73. The summed E-state index contributed by atoms with van der Waals surface area (Å²) in [5.41, 5.74) is 6.99. The Morgan fingerprint density at radius 3 is 2.41 bits per heavy atom. The Hall–Kier alpha value is -5.28. The standard InChI is InChI=1S/C50H61FN6O6S/c1-31(34-10-12-35(13-11-34)41-20-21-52-43-19-14-37(51)26-42(41)43)47(59)56-38-15-17-40(18-16-38)63-25-24-62-23-22-53-46(50(3,4)5)49(61)57-29-39(58)27-44(57)48(60)54-28-33-6-8-36(9-7-33)45-32(2)55-30-64-45/h6-9,14-21,26,30-31,34-35,39,44,46,53,58H,10-13,22-25,27-29H2,1-5H3,(H,54,60)(H,56,59)/t31-,34-,35+,39-,44+,46-/m1/s1. The zero-order valence-corrected chi connectivity index (χ0v) is 38.3. The Morgan fingerprint density at radius 2 is 1.70 bits per heavy atom. The van der Waals surface area contributed by atoms with Crippen molar-refractivity contribution >= 4 is 45.6 Å². The van der Waals surface area contributed by atoms with Crippen LogP contribution in [0.4, 0.5) is 10.1 Å². The van der Waals surface area contributed by atoms with Crippen LogP contribution in [0.1, 0.15) is 82.5 Å². The number of pyridine rings is 1. The summed E-state index contributed by atoms with van der Waals surface area (Å²) < 4.78 is 25.8. The SMILES string of the molecule is Cc1ncsc1-c1ccc(CNC(=O)[C@@H]2C[C@@H](O)CN2C(=O)[C@@H](NCCOCCOc2ccc(NC(=O)[C@H](C)[C@H]3CC[C@@H](c4ccnc5ccc(F)cc54)CC3)cc2)C(C)(C)C)cc1. The van der Waals surface area contributed by atoms with Gasteiger partial charge in [0.05, 0.1) is 47.0 Å². The van der Waals surface area contributed by atoms with Gasteiger partial charge in [-0.15, -0.1) is 11.3 Å². The molecule has 7 rings (SSSR count). The van der Waals surface area contributed by atoms with Gasteiger partial charge in [0.2, 0.25) is 17.7 Å². The lowest BCUT2D eigenvalue weighted by molar-refractivity contribution is -0.142. The van der Waals surface area contributed by atoms with Gasteiger partial charge in [0, 0.05) is 49.2 Å². The number of β-amino-alcohol motifs (C(OH)–C–C–N with tert-alkyl or cyclic N) is 1. The molecule has 14 heteroatoms. The summed E-state index contributed by atoms with van der Waals surface area (Å²) in [5, 5.41) is 20.8. The van der Waals surface area contributed by atoms with Gasteiger partial charge in [-0.1, -0.05) is 52.0 Å². The molecule has 2 aromatic heterocycles. The van der Waals surface area contributed by atoms with E-state index in [9.17, 15) is 23.9 Å². The number of nitrogens with one attached hydrogen (secondary N) is 3. The van der Waals surface area contributed by atoms with Crippen molar-refractivity contribution in [2.75, 3.05) is 38.2 Å². The molecule has 3 amide bonds. The number of aliphatic hydroxyl groups excluding tert-OH is 1. The molecule has 0 bridgehead atoms. The van der Waals surface area contributed by atoms with Gasteiger partial charge in [0.15, 0.2) is 0 Å². The summed E-state index contributed by atoms with van der Waals surface area (Å²) >= 11 is 1.59. The molecule has 1 aliphatic carbocycles. The minimum Gasteiger partial charge on any atom is -0.491 e. The van der Waals surface area contributed by atoms with Gasteiger partial charge in [-0.25, -0.2) is 9.37 Å². The minimum absolute atomic E-state index is 0.00877. The number of amides is 3. The third kappa shape index (κ3) is 11.7. The van der Waals surface area contributed by atoms with E-state index in [4.69, 9.17) is 9.47 Å². The highest BCUT2D eigenvalue weighted by atomic mass is 32.1. The maximum absolute atomic E-state index is 14.0. The first-order chi connectivity index (χ1) is 30.7. The number of nitrogens with zero attached hydrogens (tertiary/aromatic N) is 3. The Morgan fingerprint density at radius 1 is 0.953 bits per heavy atom. The van der Waals surface area contributed by atoms with Gasteiger partial charge >= 0.3 is 0 Å². The maximum atomic E-state index is 14.0. The van der Waals surface area contributed by atoms with Gasteiger partial charge in [-0.3, -0.25) is 19.4 Å². The number of ether oxygens (including phenoxy) is 2. The molecule has 3 aromatic carbocycles. The Bertz CT molecular complexity index is 2360. The maximum Gasteiger partial charge on any atom is 0.243 e. The number of rotatable bonds is 17. The van der Waals surface area contributed by atoms with E-state index >= 15 is 0 Å². The number of benzene rings is 3. The molecule has 3 heterocycles. The molecule has 5 aromatic rings. The summed E-state index contributed by atoms with van der Waals surface area (Å²) in [6.45, 7) is 11.7. The number of aliphatic hydroxyl groups is 1. The number of carbonyl (C=O) groups is 3. The highest BCUT2D eigenvalue weighted by molar-refractivity contribution is 7.13. The van der Waals surface area contributed by atoms with Crippen LogP contribution in [0.3, 0.4) is 0 Å². The average Bonchev–Trinajstić information content (AvgIpc) is 3.91. The summed E-state index contributed by atoms with van der Waals surface area (Å²) in [7, 11) is 0. The summed E-state index contributed by atoms with van der Waals surface area (Å²) in [6, 6.07) is 20.7. The van der Waals surface area contributed by atoms with Gasteiger partial charge in [0.25, 0.3) is 0 Å². The highest BCUT2D eigenvalue weighted by Gasteiger charge is 2.43. The average molecular weight is 893 g/mol. The summed E-state index contributed by atoms with van der Waals surface area (Å²) in [6.07, 6.45) is 4.93. The molecule has 340 valence electrons. The van der Waals surface area contributed by atoms with Crippen molar-refractivity contribution in [2.45, 2.75) is 97.4 Å². The number of anilines is 1. The number of aryl methyl sites for hydroxylation is 1. The summed E-state index contributed by atoms with van der Waals surface area (Å²) in [5.74, 6) is 0.298. The lowest BCUT2D eigenvalue weighted by Gasteiger charge is -2.35. The quantitative estimate of drug-likeness (QED) is 0.0680. The molecule has 2 aliphatic rings. The number of thiazole rings is 1. The second-order valence-electron chi connectivity index (χ2n) is 18.3. The molecule has 1 aliphatic heterocycles. The topological polar surface area (TPSA) is 155 Å². The normalized spacial score (nSPS) is 19.9. The molecule has 0 unspecified atom stereocenters. The van der Waals surface area contributed by atoms with Crippen LogP contribution in [0.25, 0.3) is 21.3 Å². The first-order valence-corrected chi connectivity index (χ1v) is 23.3. The predicted molar refractivity (Wildman–Crippen MR) is 248 cm³/mol. The van der Waals surface area contributed by atoms with Crippen LogP contribution in [0.2, 0.25) is 0 Å². The van der Waals surface area contributed by atoms with Crippen LogP contribution in [-0.2, 0) is 25.7 Å². The Kier molecular flexibility index (Phi) is 15.4. The molecule has 1 saturated carbocycles. The zero-order valence-electron chi connectivity index (χ0n) is 37.4. The minimum atomic E-state index is -0.790. The highest BCUT2D eigenvalue weighted by Crippen LogP contribution is 2.41. The monoisotopic (exact) mass is 892 g/mol. The second-order valence-corrected chi connectivity index (χ2v) is 19.1. The van der Waals surface area contributed by atoms with E-state index in [0.717, 1.165) is 63.8 Å². The molecule has 12 nitrogen and oxygen atoms in total. The van der Waals surface area contributed by atoms with Gasteiger partial charge in [0.1, 0.15) is 24.2 Å². The summed E-state index contributed by atoms with van der Waals surface area (Å²) in [4.78, 5) is 52.0. The largest absolute Gasteiger partial charge is 0.491 e. The smallest absolute Gasteiger partial charge is 0.243 e. The van der Waals surface area contributed by atoms with E-state index in [-0.39, 0.29) is 48.3 Å². The number of carbonyl (C=O) groups excluding carboxylic acids is 3. The van der Waals surface area contributed by atoms with Crippen molar-refractivity contribution in [2.24, 2.45) is 17.3 Å². The number of hydrogen-bond acceptors (Lipinski definition) is 10. The van der Waals surface area contributed by atoms with Crippen LogP contribution < -0.4 is 20.7 Å². The zero-order chi connectivity index (χ0) is 45.4. The first-order valence-electron chi connectivity index (χ1n) is 22.4. The van der Waals surface area contributed by atoms with Crippen molar-refractivity contribution < 1.29 is 33.4 Å². The van der Waals surface area contributed by atoms with Crippen LogP contribution >= 0.6 is 11.3 Å².